The Hall–Kier alpha value is -1.81. The van der Waals surface area contributed by atoms with Crippen molar-refractivity contribution in [1.82, 2.24) is 0 Å². The van der Waals surface area contributed by atoms with E-state index in [0.717, 1.165) is 21.5 Å². The monoisotopic (exact) mass is 348 g/mol. The van der Waals surface area contributed by atoms with E-state index in [2.05, 4.69) is 15.9 Å². The number of halogens is 1. The number of carbonyl (C=O) groups excluding carboxylic acids is 1. The second-order valence-corrected chi connectivity index (χ2v) is 5.37. The van der Waals surface area contributed by atoms with Gasteiger partial charge in [0.15, 0.2) is 5.78 Å². The summed E-state index contributed by atoms with van der Waals surface area (Å²) in [4.78, 5) is 12.3. The lowest BCUT2D eigenvalue weighted by atomic mass is 10.0. The van der Waals surface area contributed by atoms with Gasteiger partial charge in [0.25, 0.3) is 0 Å². The highest BCUT2D eigenvalue weighted by Gasteiger charge is 2.10. The first kappa shape index (κ1) is 15.6. The number of carbonyl (C=O) groups is 1. The van der Waals surface area contributed by atoms with E-state index in [1.165, 1.54) is 0 Å². The molecule has 3 nitrogen and oxygen atoms in total. The van der Waals surface area contributed by atoms with Crippen LogP contribution in [0.4, 0.5) is 0 Å². The zero-order valence-corrected chi connectivity index (χ0v) is 13.6. The molecule has 2 rings (SSSR count). The van der Waals surface area contributed by atoms with Gasteiger partial charge in [-0.05, 0) is 55.0 Å². The van der Waals surface area contributed by atoms with Crippen LogP contribution in [0.5, 0.6) is 11.5 Å². The minimum absolute atomic E-state index is 0.0620. The van der Waals surface area contributed by atoms with Gasteiger partial charge >= 0.3 is 0 Å². The van der Waals surface area contributed by atoms with Crippen molar-refractivity contribution in [3.05, 3.63) is 58.1 Å². The molecule has 0 radical (unpaired) electrons. The average Bonchev–Trinajstić information content (AvgIpc) is 2.50. The van der Waals surface area contributed by atoms with Crippen molar-refractivity contribution in [2.24, 2.45) is 0 Å². The molecule has 110 valence electrons. The zero-order valence-electron chi connectivity index (χ0n) is 12.1. The number of ether oxygens (including phenoxy) is 2. The summed E-state index contributed by atoms with van der Waals surface area (Å²) in [5, 5.41) is 0. The van der Waals surface area contributed by atoms with Crippen LogP contribution in [0, 0.1) is 0 Å². The number of Topliss-reactive ketones (excluding diaryl/α,β-unsaturated/α-hetero) is 1. The van der Waals surface area contributed by atoms with Gasteiger partial charge in [0.2, 0.25) is 0 Å². The highest BCUT2D eigenvalue weighted by molar-refractivity contribution is 9.10. The maximum absolute atomic E-state index is 12.3. The van der Waals surface area contributed by atoms with Crippen LogP contribution in [0.25, 0.3) is 0 Å². The van der Waals surface area contributed by atoms with Crippen molar-refractivity contribution < 1.29 is 14.3 Å². The summed E-state index contributed by atoms with van der Waals surface area (Å²) >= 11 is 3.47. The Labute approximate surface area is 133 Å². The van der Waals surface area contributed by atoms with Crippen LogP contribution >= 0.6 is 15.9 Å². The summed E-state index contributed by atoms with van der Waals surface area (Å²) in [5.74, 6) is 1.58. The Morgan fingerprint density at radius 3 is 2.38 bits per heavy atom. The molecule has 2 aromatic rings. The molecule has 0 atom stereocenters. The Morgan fingerprint density at radius 1 is 1.10 bits per heavy atom. The van der Waals surface area contributed by atoms with E-state index in [4.69, 9.17) is 9.47 Å². The number of hydrogen-bond donors (Lipinski definition) is 0. The molecule has 21 heavy (non-hydrogen) atoms. The average molecular weight is 349 g/mol. The summed E-state index contributed by atoms with van der Waals surface area (Å²) in [6.45, 7) is 2.55. The minimum atomic E-state index is 0.0620. The Morgan fingerprint density at radius 2 is 1.76 bits per heavy atom. The topological polar surface area (TPSA) is 35.5 Å². The molecule has 0 saturated carbocycles. The van der Waals surface area contributed by atoms with Crippen LogP contribution in [-0.4, -0.2) is 19.5 Å². The van der Waals surface area contributed by atoms with E-state index in [1.54, 1.807) is 19.2 Å². The largest absolute Gasteiger partial charge is 0.497 e. The fraction of sp³-hybridized carbons (Fsp3) is 0.235. The van der Waals surface area contributed by atoms with Crippen LogP contribution in [0.15, 0.2) is 46.9 Å². The summed E-state index contributed by atoms with van der Waals surface area (Å²) in [5.41, 5.74) is 1.58. The molecular weight excluding hydrogens is 332 g/mol. The number of ketones is 1. The molecule has 0 fully saturated rings. The van der Waals surface area contributed by atoms with Gasteiger partial charge in [0.1, 0.15) is 11.5 Å². The molecule has 0 heterocycles. The van der Waals surface area contributed by atoms with Gasteiger partial charge in [-0.15, -0.1) is 0 Å². The SMILES string of the molecule is CCOc1ccc(C(=O)Cc2cc(OC)ccc2Br)cc1. The van der Waals surface area contributed by atoms with E-state index < -0.39 is 0 Å². The van der Waals surface area contributed by atoms with E-state index in [1.807, 2.05) is 37.3 Å². The highest BCUT2D eigenvalue weighted by atomic mass is 79.9. The predicted molar refractivity (Wildman–Crippen MR) is 86.3 cm³/mol. The standard InChI is InChI=1S/C17H17BrO3/c1-3-21-14-6-4-12(5-7-14)17(19)11-13-10-15(20-2)8-9-16(13)18/h4-10H,3,11H2,1-2H3. The van der Waals surface area contributed by atoms with Crippen LogP contribution in [0.1, 0.15) is 22.8 Å². The summed E-state index contributed by atoms with van der Waals surface area (Å²) in [6.07, 6.45) is 0.325. The molecule has 0 amide bonds. The third kappa shape index (κ3) is 4.08. The van der Waals surface area contributed by atoms with Gasteiger partial charge in [-0.25, -0.2) is 0 Å². The molecule has 0 saturated heterocycles. The van der Waals surface area contributed by atoms with Gasteiger partial charge in [-0.3, -0.25) is 4.79 Å². The van der Waals surface area contributed by atoms with Gasteiger partial charge < -0.3 is 9.47 Å². The molecule has 0 bridgehead atoms. The first-order chi connectivity index (χ1) is 10.1. The Bertz CT molecular complexity index is 620. The molecule has 2 aromatic carbocycles. The van der Waals surface area contributed by atoms with Gasteiger partial charge in [0.05, 0.1) is 13.7 Å². The van der Waals surface area contributed by atoms with Crippen molar-refractivity contribution in [3.8, 4) is 11.5 Å². The lowest BCUT2D eigenvalue weighted by Gasteiger charge is -2.08. The second-order valence-electron chi connectivity index (χ2n) is 4.51. The number of methoxy groups -OCH3 is 1. The van der Waals surface area contributed by atoms with Gasteiger partial charge in [-0.2, -0.15) is 0 Å². The molecule has 0 aliphatic rings. The van der Waals surface area contributed by atoms with E-state index >= 15 is 0 Å². The van der Waals surface area contributed by atoms with Gasteiger partial charge in [-0.1, -0.05) is 15.9 Å². The van der Waals surface area contributed by atoms with Crippen molar-refractivity contribution >= 4 is 21.7 Å². The smallest absolute Gasteiger partial charge is 0.167 e. The lowest BCUT2D eigenvalue weighted by Crippen LogP contribution is -2.04. The first-order valence-corrected chi connectivity index (χ1v) is 7.51. The fourth-order valence-electron chi connectivity index (χ4n) is 1.99. The fourth-order valence-corrected chi connectivity index (χ4v) is 2.38. The Balaban J connectivity index is 2.14. The number of hydrogen-bond acceptors (Lipinski definition) is 3. The second kappa shape index (κ2) is 7.27. The molecule has 0 unspecified atom stereocenters. The van der Waals surface area contributed by atoms with E-state index in [9.17, 15) is 4.79 Å². The normalized spacial score (nSPS) is 10.2. The van der Waals surface area contributed by atoms with Crippen molar-refractivity contribution in [2.45, 2.75) is 13.3 Å². The third-order valence-corrected chi connectivity index (χ3v) is 3.86. The van der Waals surface area contributed by atoms with Crippen molar-refractivity contribution in [3.63, 3.8) is 0 Å². The summed E-state index contributed by atoms with van der Waals surface area (Å²) in [7, 11) is 1.61. The zero-order chi connectivity index (χ0) is 15.2. The van der Waals surface area contributed by atoms with Crippen LogP contribution in [0.2, 0.25) is 0 Å². The van der Waals surface area contributed by atoms with Crippen LogP contribution in [0.3, 0.4) is 0 Å². The molecule has 0 spiro atoms. The predicted octanol–water partition coefficient (Wildman–Crippen LogP) is 4.28. The number of benzene rings is 2. The molecule has 0 aliphatic heterocycles. The first-order valence-electron chi connectivity index (χ1n) is 6.72. The van der Waals surface area contributed by atoms with Crippen LogP contribution in [-0.2, 0) is 6.42 Å². The molecule has 4 heteroatoms. The quantitative estimate of drug-likeness (QED) is 0.730. The summed E-state index contributed by atoms with van der Waals surface area (Å²) in [6, 6.07) is 12.8. The third-order valence-electron chi connectivity index (χ3n) is 3.09. The number of rotatable bonds is 6. The van der Waals surface area contributed by atoms with E-state index in [-0.39, 0.29) is 5.78 Å². The molecule has 0 aromatic heterocycles. The molecular formula is C17H17BrO3. The van der Waals surface area contributed by atoms with Crippen LogP contribution < -0.4 is 9.47 Å². The van der Waals surface area contributed by atoms with Crippen molar-refractivity contribution in [2.75, 3.05) is 13.7 Å². The lowest BCUT2D eigenvalue weighted by molar-refractivity contribution is 0.0992. The maximum atomic E-state index is 12.3. The van der Waals surface area contributed by atoms with Gasteiger partial charge in [0, 0.05) is 16.5 Å². The summed E-state index contributed by atoms with van der Waals surface area (Å²) < 4.78 is 11.5. The Kier molecular flexibility index (Phi) is 5.39. The highest BCUT2D eigenvalue weighted by Crippen LogP contribution is 2.24. The molecule has 0 aliphatic carbocycles. The maximum Gasteiger partial charge on any atom is 0.167 e. The minimum Gasteiger partial charge on any atom is -0.497 e. The van der Waals surface area contributed by atoms with E-state index in [0.29, 0.717) is 18.6 Å². The molecule has 0 N–H and O–H groups in total. The van der Waals surface area contributed by atoms with Crippen molar-refractivity contribution in [1.29, 1.82) is 0 Å².